The highest BCUT2D eigenvalue weighted by Crippen LogP contribution is 2.27. The molecule has 0 radical (unpaired) electrons. The molecule has 0 saturated heterocycles. The predicted molar refractivity (Wildman–Crippen MR) is 25.8 cm³/mol. The zero-order valence-corrected chi connectivity index (χ0v) is 3.97. The summed E-state index contributed by atoms with van der Waals surface area (Å²) in [6.45, 7) is 2.02. The molecule has 34 valence electrons. The summed E-state index contributed by atoms with van der Waals surface area (Å²) in [6.07, 6.45) is 1.84. The Hall–Kier alpha value is -0.920. The second-order valence-electron chi connectivity index (χ2n) is 1.73. The van der Waals surface area contributed by atoms with Crippen LogP contribution in [0.15, 0.2) is 6.20 Å². The van der Waals surface area contributed by atoms with E-state index in [1.54, 1.807) is 0 Å². The highest BCUT2D eigenvalue weighted by Gasteiger charge is 2.18. The monoisotopic (exact) mass is 92.0 g/mol. The number of aryl methyl sites for hydroxylation is 1. The maximum absolute atomic E-state index is 3.94. The molecule has 0 amide bonds. The molecular weight excluding hydrogens is 88.1 g/mol. The molecule has 0 saturated carbocycles. The minimum Gasteiger partial charge on any atom is -0.235 e. The van der Waals surface area contributed by atoms with Crippen LogP contribution in [-0.2, 0) is 0 Å². The van der Waals surface area contributed by atoms with E-state index in [-0.39, 0.29) is 0 Å². The van der Waals surface area contributed by atoms with Crippen LogP contribution < -0.4 is 0 Å². The molecule has 0 aromatic rings. The maximum Gasteiger partial charge on any atom is 0.179 e. The van der Waals surface area contributed by atoms with E-state index in [0.717, 1.165) is 11.5 Å². The van der Waals surface area contributed by atoms with Gasteiger partial charge in [-0.1, -0.05) is 0 Å². The minimum absolute atomic E-state index is 0.942. The van der Waals surface area contributed by atoms with Crippen molar-refractivity contribution >= 4 is 0 Å². The second-order valence-corrected chi connectivity index (χ2v) is 1.73. The number of hydrogen-bond acceptors (Lipinski definition) is 2. The van der Waals surface area contributed by atoms with Crippen LogP contribution in [0, 0.1) is 6.92 Å². The molecule has 2 aliphatic rings. The van der Waals surface area contributed by atoms with Gasteiger partial charge in [0.1, 0.15) is 5.69 Å². The summed E-state index contributed by atoms with van der Waals surface area (Å²) in [4.78, 5) is 7.88. The number of fused-ring (bicyclic) bond motifs is 1. The van der Waals surface area contributed by atoms with Crippen LogP contribution in [-0.4, -0.2) is 9.97 Å². The Morgan fingerprint density at radius 1 is 1.57 bits per heavy atom. The van der Waals surface area contributed by atoms with Gasteiger partial charge in [0.2, 0.25) is 0 Å². The summed E-state index contributed by atoms with van der Waals surface area (Å²) in [7, 11) is 0. The second kappa shape index (κ2) is 0.689. The Kier molecular flexibility index (Phi) is 0.308. The van der Waals surface area contributed by atoms with Crippen molar-refractivity contribution in [3.63, 3.8) is 0 Å². The van der Waals surface area contributed by atoms with Gasteiger partial charge in [-0.05, 0) is 12.5 Å². The van der Waals surface area contributed by atoms with Crippen molar-refractivity contribution in [3.05, 3.63) is 11.8 Å². The van der Waals surface area contributed by atoms with Gasteiger partial charge in [-0.25, -0.2) is 9.97 Å². The van der Waals surface area contributed by atoms with Crippen LogP contribution in [0.1, 0.15) is 5.56 Å². The molecule has 2 heterocycles. The average Bonchev–Trinajstić information content (AvgIpc) is 2.33. The summed E-state index contributed by atoms with van der Waals surface area (Å²) >= 11 is 0. The molecule has 0 spiro atoms. The highest BCUT2D eigenvalue weighted by molar-refractivity contribution is 5.66. The molecule has 0 aromatic carbocycles. The lowest BCUT2D eigenvalue weighted by atomic mass is 10.4. The first-order valence-corrected chi connectivity index (χ1v) is 2.22. The van der Waals surface area contributed by atoms with Crippen LogP contribution in [0.5, 0.6) is 0 Å². The number of hydrogen-bond donors (Lipinski definition) is 0. The van der Waals surface area contributed by atoms with Crippen molar-refractivity contribution in [1.82, 2.24) is 9.97 Å². The average molecular weight is 92.1 g/mol. The van der Waals surface area contributed by atoms with E-state index >= 15 is 0 Å². The zero-order valence-electron chi connectivity index (χ0n) is 3.97. The fourth-order valence-electron chi connectivity index (χ4n) is 0.652. The Bertz CT molecular complexity index is 217. The lowest BCUT2D eigenvalue weighted by Crippen LogP contribution is -1.56. The van der Waals surface area contributed by atoms with Gasteiger partial charge in [0.05, 0.1) is 0 Å². The molecule has 2 heteroatoms. The number of rotatable bonds is 0. The molecule has 0 bridgehead atoms. The molecule has 0 aliphatic carbocycles. The summed E-state index contributed by atoms with van der Waals surface area (Å²) in [5.74, 6) is 0.942. The third-order valence-electron chi connectivity index (χ3n) is 1.13. The summed E-state index contributed by atoms with van der Waals surface area (Å²) in [5, 5.41) is 0. The van der Waals surface area contributed by atoms with E-state index in [1.807, 2.05) is 13.1 Å². The smallest absolute Gasteiger partial charge is 0.179 e. The van der Waals surface area contributed by atoms with Gasteiger partial charge in [0.25, 0.3) is 0 Å². The zero-order chi connectivity index (χ0) is 4.85. The van der Waals surface area contributed by atoms with Crippen molar-refractivity contribution in [2.75, 3.05) is 0 Å². The SMILES string of the molecule is Cc1cnc2nc1-2. The van der Waals surface area contributed by atoms with E-state index in [4.69, 9.17) is 0 Å². The van der Waals surface area contributed by atoms with Crippen LogP contribution in [0.3, 0.4) is 0 Å². The van der Waals surface area contributed by atoms with Crippen LogP contribution in [0.25, 0.3) is 11.5 Å². The molecule has 2 nitrogen and oxygen atoms in total. The van der Waals surface area contributed by atoms with Crippen LogP contribution in [0.4, 0.5) is 0 Å². The van der Waals surface area contributed by atoms with Crippen LogP contribution >= 0.6 is 0 Å². The molecule has 7 heavy (non-hydrogen) atoms. The standard InChI is InChI=1S/C5H4N2/c1-3-2-6-5-4(3)7-5/h2H,1H3. The van der Waals surface area contributed by atoms with Crippen molar-refractivity contribution in [1.29, 1.82) is 0 Å². The summed E-state index contributed by atoms with van der Waals surface area (Å²) in [6, 6.07) is 0. The third-order valence-corrected chi connectivity index (χ3v) is 1.13. The van der Waals surface area contributed by atoms with Crippen molar-refractivity contribution in [2.24, 2.45) is 0 Å². The normalized spacial score (nSPS) is 11.6. The molecule has 0 N–H and O–H groups in total. The van der Waals surface area contributed by atoms with Gasteiger partial charge in [0.15, 0.2) is 5.82 Å². The molecule has 2 rings (SSSR count). The molecule has 0 unspecified atom stereocenters. The fraction of sp³-hybridized carbons (Fsp3) is 0.200. The van der Waals surface area contributed by atoms with Gasteiger partial charge >= 0.3 is 0 Å². The lowest BCUT2D eigenvalue weighted by Gasteiger charge is -1.66. The van der Waals surface area contributed by atoms with E-state index in [1.165, 1.54) is 5.56 Å². The highest BCUT2D eigenvalue weighted by atomic mass is 15.0. The van der Waals surface area contributed by atoms with Gasteiger partial charge in [0, 0.05) is 6.20 Å². The van der Waals surface area contributed by atoms with E-state index in [0.29, 0.717) is 0 Å². The largest absolute Gasteiger partial charge is 0.235 e. The van der Waals surface area contributed by atoms with Crippen molar-refractivity contribution in [3.8, 4) is 11.5 Å². The van der Waals surface area contributed by atoms with Gasteiger partial charge in [-0.3, -0.25) is 0 Å². The van der Waals surface area contributed by atoms with E-state index in [9.17, 15) is 0 Å². The van der Waals surface area contributed by atoms with E-state index in [2.05, 4.69) is 9.97 Å². The lowest BCUT2D eigenvalue weighted by molar-refractivity contribution is 1.35. The van der Waals surface area contributed by atoms with Gasteiger partial charge in [-0.2, -0.15) is 0 Å². The van der Waals surface area contributed by atoms with Crippen molar-refractivity contribution < 1.29 is 0 Å². The Morgan fingerprint density at radius 2 is 2.43 bits per heavy atom. The summed E-state index contributed by atoms with van der Waals surface area (Å²) in [5.41, 5.74) is 2.31. The predicted octanol–water partition coefficient (Wildman–Crippen LogP) is 0.765. The topological polar surface area (TPSA) is 25.8 Å². The molecule has 0 atom stereocenters. The molecule has 0 fully saturated rings. The first kappa shape index (κ1) is 3.13. The first-order valence-electron chi connectivity index (χ1n) is 2.22. The third kappa shape index (κ3) is 0.243. The van der Waals surface area contributed by atoms with Crippen molar-refractivity contribution in [2.45, 2.75) is 6.92 Å². The van der Waals surface area contributed by atoms with Crippen LogP contribution in [0.2, 0.25) is 0 Å². The number of aromatic nitrogens is 2. The maximum atomic E-state index is 3.94. The van der Waals surface area contributed by atoms with Gasteiger partial charge < -0.3 is 0 Å². The Labute approximate surface area is 41.2 Å². The molecule has 2 aliphatic heterocycles. The van der Waals surface area contributed by atoms with E-state index < -0.39 is 0 Å². The Morgan fingerprint density at radius 3 is 2.57 bits per heavy atom. The summed E-state index contributed by atoms with van der Waals surface area (Å²) < 4.78 is 0. The Balaban J connectivity index is 2.77. The molecule has 0 aromatic heterocycles. The quantitative estimate of drug-likeness (QED) is 0.479. The minimum atomic E-state index is 0.942. The number of nitrogens with zero attached hydrogens (tertiary/aromatic N) is 2. The molecular formula is C5H4N2. The fourth-order valence-corrected chi connectivity index (χ4v) is 0.652. The van der Waals surface area contributed by atoms with Gasteiger partial charge in [-0.15, -0.1) is 0 Å². The first-order chi connectivity index (χ1) is 3.38.